The molecule has 3 nitrogen and oxygen atoms in total. The predicted molar refractivity (Wildman–Crippen MR) is 89.8 cm³/mol. The Balaban J connectivity index is 1.77. The van der Waals surface area contributed by atoms with Gasteiger partial charge in [0.25, 0.3) is 0 Å². The summed E-state index contributed by atoms with van der Waals surface area (Å²) in [6.07, 6.45) is 3.45. The summed E-state index contributed by atoms with van der Waals surface area (Å²) in [5, 5.41) is 3.06. The zero-order valence-corrected chi connectivity index (χ0v) is 14.0. The molecule has 1 aliphatic carbocycles. The van der Waals surface area contributed by atoms with Gasteiger partial charge < -0.3 is 10.1 Å². The molecule has 0 saturated heterocycles. The molecule has 0 unspecified atom stereocenters. The minimum atomic E-state index is 0.167. The fourth-order valence-corrected chi connectivity index (χ4v) is 3.49. The molecular weight excluding hydrogens is 274 g/mol. The largest absolute Gasteiger partial charge is 0.492 e. The number of nitrogens with one attached hydrogen (secondary N) is 1. The highest BCUT2D eigenvalue weighted by molar-refractivity contribution is 5.79. The minimum Gasteiger partial charge on any atom is -0.492 e. The molecule has 1 fully saturated rings. The first kappa shape index (κ1) is 16.9. The van der Waals surface area contributed by atoms with Crippen LogP contribution in [0.25, 0.3) is 0 Å². The monoisotopic (exact) mass is 303 g/mol. The highest BCUT2D eigenvalue weighted by Gasteiger charge is 2.35. The molecule has 1 amide bonds. The number of benzene rings is 1. The third-order valence-corrected chi connectivity index (χ3v) is 4.77. The zero-order chi connectivity index (χ0) is 15.9. The normalized spacial score (nSPS) is 25.0. The van der Waals surface area contributed by atoms with Crippen LogP contribution < -0.4 is 10.1 Å². The van der Waals surface area contributed by atoms with Crippen LogP contribution in [0, 0.1) is 23.7 Å². The number of carbonyl (C=O) groups is 1. The molecule has 0 bridgehead atoms. The zero-order valence-electron chi connectivity index (χ0n) is 14.0. The maximum Gasteiger partial charge on any atom is 0.223 e. The lowest BCUT2D eigenvalue weighted by atomic mass is 9.70. The fourth-order valence-electron chi connectivity index (χ4n) is 3.49. The van der Waals surface area contributed by atoms with Crippen molar-refractivity contribution >= 4 is 5.91 Å². The molecule has 0 spiro atoms. The first-order chi connectivity index (χ1) is 10.6. The van der Waals surface area contributed by atoms with Crippen LogP contribution in [0.5, 0.6) is 5.75 Å². The van der Waals surface area contributed by atoms with E-state index in [9.17, 15) is 4.79 Å². The highest BCUT2D eigenvalue weighted by Crippen LogP contribution is 2.37. The van der Waals surface area contributed by atoms with E-state index < -0.39 is 0 Å². The van der Waals surface area contributed by atoms with Crippen LogP contribution in [0.3, 0.4) is 0 Å². The Morgan fingerprint density at radius 3 is 2.68 bits per heavy atom. The summed E-state index contributed by atoms with van der Waals surface area (Å²) in [6.45, 7) is 7.82. The summed E-state index contributed by atoms with van der Waals surface area (Å²) in [5.74, 6) is 2.98. The molecule has 1 aromatic carbocycles. The number of hydrogen-bond acceptors (Lipinski definition) is 2. The van der Waals surface area contributed by atoms with E-state index in [-0.39, 0.29) is 11.8 Å². The lowest BCUT2D eigenvalue weighted by Crippen LogP contribution is -2.41. The SMILES string of the molecule is CC(C)[C@@H]1CC[C@@H](C)C[C@H]1C(=O)NCCOc1ccccc1. The van der Waals surface area contributed by atoms with Crippen LogP contribution >= 0.6 is 0 Å². The molecule has 122 valence electrons. The van der Waals surface area contributed by atoms with Crippen LogP contribution in [0.4, 0.5) is 0 Å². The van der Waals surface area contributed by atoms with Crippen molar-refractivity contribution in [2.75, 3.05) is 13.2 Å². The first-order valence-corrected chi connectivity index (χ1v) is 8.53. The summed E-state index contributed by atoms with van der Waals surface area (Å²) < 4.78 is 5.62. The average Bonchev–Trinajstić information content (AvgIpc) is 2.52. The van der Waals surface area contributed by atoms with Gasteiger partial charge in [0.1, 0.15) is 12.4 Å². The molecule has 0 radical (unpaired) electrons. The minimum absolute atomic E-state index is 0.167. The summed E-state index contributed by atoms with van der Waals surface area (Å²) in [5.41, 5.74) is 0. The molecule has 1 aliphatic rings. The van der Waals surface area contributed by atoms with Crippen LogP contribution in [0.2, 0.25) is 0 Å². The molecule has 0 heterocycles. The molecular formula is C19H29NO2. The van der Waals surface area contributed by atoms with Crippen molar-refractivity contribution in [3.05, 3.63) is 30.3 Å². The Kier molecular flexibility index (Phi) is 6.29. The van der Waals surface area contributed by atoms with Gasteiger partial charge in [0.05, 0.1) is 6.54 Å². The molecule has 1 aromatic rings. The van der Waals surface area contributed by atoms with E-state index in [0.717, 1.165) is 12.2 Å². The van der Waals surface area contributed by atoms with Crippen molar-refractivity contribution in [1.82, 2.24) is 5.32 Å². The topological polar surface area (TPSA) is 38.3 Å². The van der Waals surface area contributed by atoms with Gasteiger partial charge in [0.2, 0.25) is 5.91 Å². The van der Waals surface area contributed by atoms with Crippen LogP contribution in [-0.2, 0) is 4.79 Å². The van der Waals surface area contributed by atoms with Crippen LogP contribution in [0.1, 0.15) is 40.0 Å². The van der Waals surface area contributed by atoms with E-state index >= 15 is 0 Å². The van der Waals surface area contributed by atoms with Crippen molar-refractivity contribution < 1.29 is 9.53 Å². The summed E-state index contributed by atoms with van der Waals surface area (Å²) in [4.78, 5) is 12.5. The second-order valence-electron chi connectivity index (χ2n) is 6.89. The number of ether oxygens (including phenoxy) is 1. The third-order valence-electron chi connectivity index (χ3n) is 4.77. The molecule has 1 saturated carbocycles. The predicted octanol–water partition coefficient (Wildman–Crippen LogP) is 3.89. The van der Waals surface area contributed by atoms with Gasteiger partial charge in [-0.05, 0) is 42.7 Å². The van der Waals surface area contributed by atoms with E-state index in [1.807, 2.05) is 30.3 Å². The van der Waals surface area contributed by atoms with Gasteiger partial charge in [0.15, 0.2) is 0 Å². The maximum absolute atomic E-state index is 12.5. The summed E-state index contributed by atoms with van der Waals surface area (Å²) >= 11 is 0. The van der Waals surface area contributed by atoms with Gasteiger partial charge in [-0.3, -0.25) is 4.79 Å². The van der Waals surface area contributed by atoms with Crippen molar-refractivity contribution in [2.45, 2.75) is 40.0 Å². The lowest BCUT2D eigenvalue weighted by molar-refractivity contribution is -0.129. The Hall–Kier alpha value is -1.51. The van der Waals surface area contributed by atoms with Gasteiger partial charge in [-0.15, -0.1) is 0 Å². The van der Waals surface area contributed by atoms with Gasteiger partial charge in [-0.2, -0.15) is 0 Å². The van der Waals surface area contributed by atoms with Gasteiger partial charge in [-0.1, -0.05) is 45.4 Å². The maximum atomic E-state index is 12.5. The lowest BCUT2D eigenvalue weighted by Gasteiger charge is -2.36. The van der Waals surface area contributed by atoms with Gasteiger partial charge in [-0.25, -0.2) is 0 Å². The quantitative estimate of drug-likeness (QED) is 0.810. The van der Waals surface area contributed by atoms with E-state index in [4.69, 9.17) is 4.74 Å². The van der Waals surface area contributed by atoms with Gasteiger partial charge >= 0.3 is 0 Å². The van der Waals surface area contributed by atoms with Crippen LogP contribution in [0.15, 0.2) is 30.3 Å². The highest BCUT2D eigenvalue weighted by atomic mass is 16.5. The summed E-state index contributed by atoms with van der Waals surface area (Å²) in [7, 11) is 0. The number of carbonyl (C=O) groups excluding carboxylic acids is 1. The Morgan fingerprint density at radius 1 is 1.27 bits per heavy atom. The van der Waals surface area contributed by atoms with Gasteiger partial charge in [0, 0.05) is 5.92 Å². The van der Waals surface area contributed by atoms with Crippen molar-refractivity contribution in [2.24, 2.45) is 23.7 Å². The second kappa shape index (κ2) is 8.21. The number of amides is 1. The molecule has 22 heavy (non-hydrogen) atoms. The second-order valence-corrected chi connectivity index (χ2v) is 6.89. The molecule has 0 aromatic heterocycles. The van der Waals surface area contributed by atoms with E-state index in [1.165, 1.54) is 12.8 Å². The number of rotatable bonds is 6. The fraction of sp³-hybridized carbons (Fsp3) is 0.632. The third kappa shape index (κ3) is 4.75. The van der Waals surface area contributed by atoms with Crippen molar-refractivity contribution in [1.29, 1.82) is 0 Å². The molecule has 3 heteroatoms. The average molecular weight is 303 g/mol. The van der Waals surface area contributed by atoms with E-state index in [0.29, 0.717) is 30.9 Å². The molecule has 1 N–H and O–H groups in total. The molecule has 3 atom stereocenters. The Labute approximate surface area is 134 Å². The molecule has 2 rings (SSSR count). The Bertz CT molecular complexity index is 458. The summed E-state index contributed by atoms with van der Waals surface area (Å²) in [6, 6.07) is 9.72. The van der Waals surface area contributed by atoms with Crippen molar-refractivity contribution in [3.8, 4) is 5.75 Å². The smallest absolute Gasteiger partial charge is 0.223 e. The van der Waals surface area contributed by atoms with E-state index in [1.54, 1.807) is 0 Å². The standard InChI is InChI=1S/C19H29NO2/c1-14(2)17-10-9-15(3)13-18(17)19(21)20-11-12-22-16-7-5-4-6-8-16/h4-8,14-15,17-18H,9-13H2,1-3H3,(H,20,21)/t15-,17+,18-/m1/s1. The van der Waals surface area contributed by atoms with E-state index in [2.05, 4.69) is 26.1 Å². The Morgan fingerprint density at radius 2 is 2.00 bits per heavy atom. The number of hydrogen-bond donors (Lipinski definition) is 1. The van der Waals surface area contributed by atoms with Crippen LogP contribution in [-0.4, -0.2) is 19.1 Å². The number of para-hydroxylation sites is 1. The first-order valence-electron chi connectivity index (χ1n) is 8.53. The van der Waals surface area contributed by atoms with Crippen molar-refractivity contribution in [3.63, 3.8) is 0 Å². The molecule has 0 aliphatic heterocycles.